The van der Waals surface area contributed by atoms with Crippen LogP contribution in [0.4, 0.5) is 4.79 Å². The Morgan fingerprint density at radius 2 is 2.22 bits per heavy atom. The van der Waals surface area contributed by atoms with E-state index >= 15 is 0 Å². The second-order valence-electron chi connectivity index (χ2n) is 5.61. The van der Waals surface area contributed by atoms with E-state index in [1.165, 1.54) is 0 Å². The molecule has 0 aromatic heterocycles. The van der Waals surface area contributed by atoms with E-state index < -0.39 is 5.60 Å². The lowest BCUT2D eigenvalue weighted by atomic mass is 10.1. The first-order chi connectivity index (χ1) is 8.42. The van der Waals surface area contributed by atoms with Crippen molar-refractivity contribution in [2.45, 2.75) is 39.2 Å². The van der Waals surface area contributed by atoms with Crippen LogP contribution in [0.1, 0.15) is 33.6 Å². The molecule has 102 valence electrons. The van der Waals surface area contributed by atoms with Crippen molar-refractivity contribution in [2.24, 2.45) is 5.92 Å². The molecule has 0 aliphatic carbocycles. The molecule has 0 spiro atoms. The fourth-order valence-electron chi connectivity index (χ4n) is 1.84. The molecule has 1 saturated heterocycles. The number of nitrogens with zero attached hydrogens (tertiary/aromatic N) is 1. The standard InChI is InChI=1S/C14H23NO3/c1-5-6-9-17-11-12-7-8-15(10-12)13(16)18-14(2,3)4/h1,12H,6-11H2,2-4H3. The van der Waals surface area contributed by atoms with Crippen LogP contribution in [0.2, 0.25) is 0 Å². The molecule has 1 fully saturated rings. The van der Waals surface area contributed by atoms with Gasteiger partial charge in [-0.1, -0.05) is 0 Å². The highest BCUT2D eigenvalue weighted by Crippen LogP contribution is 2.19. The lowest BCUT2D eigenvalue weighted by Gasteiger charge is -2.24. The highest BCUT2D eigenvalue weighted by molar-refractivity contribution is 5.68. The fraction of sp³-hybridized carbons (Fsp3) is 0.786. The summed E-state index contributed by atoms with van der Waals surface area (Å²) >= 11 is 0. The van der Waals surface area contributed by atoms with Crippen LogP contribution in [0.3, 0.4) is 0 Å². The van der Waals surface area contributed by atoms with Gasteiger partial charge in [0.25, 0.3) is 0 Å². The van der Waals surface area contributed by atoms with E-state index in [4.69, 9.17) is 15.9 Å². The van der Waals surface area contributed by atoms with Crippen molar-refractivity contribution < 1.29 is 14.3 Å². The van der Waals surface area contributed by atoms with Crippen molar-refractivity contribution in [3.8, 4) is 12.3 Å². The molecular formula is C14H23NO3. The van der Waals surface area contributed by atoms with E-state index in [2.05, 4.69) is 5.92 Å². The molecular weight excluding hydrogens is 230 g/mol. The van der Waals surface area contributed by atoms with Crippen LogP contribution in [0, 0.1) is 18.3 Å². The third-order valence-electron chi connectivity index (χ3n) is 2.68. The topological polar surface area (TPSA) is 38.8 Å². The molecule has 18 heavy (non-hydrogen) atoms. The van der Waals surface area contributed by atoms with Gasteiger partial charge in [0, 0.05) is 25.4 Å². The number of hydrogen-bond acceptors (Lipinski definition) is 3. The summed E-state index contributed by atoms with van der Waals surface area (Å²) in [7, 11) is 0. The van der Waals surface area contributed by atoms with Gasteiger partial charge in [-0.25, -0.2) is 4.79 Å². The number of ether oxygens (including phenoxy) is 2. The predicted molar refractivity (Wildman–Crippen MR) is 70.2 cm³/mol. The Balaban J connectivity index is 2.24. The molecule has 0 saturated carbocycles. The van der Waals surface area contributed by atoms with Crippen LogP contribution < -0.4 is 0 Å². The molecule has 0 aromatic rings. The number of amides is 1. The first kappa shape index (κ1) is 14.8. The van der Waals surface area contributed by atoms with E-state index in [0.29, 0.717) is 32.1 Å². The molecule has 0 N–H and O–H groups in total. The van der Waals surface area contributed by atoms with Crippen LogP contribution in [0.15, 0.2) is 0 Å². The van der Waals surface area contributed by atoms with E-state index in [9.17, 15) is 4.79 Å². The van der Waals surface area contributed by atoms with Gasteiger partial charge >= 0.3 is 6.09 Å². The number of rotatable bonds is 4. The average molecular weight is 253 g/mol. The predicted octanol–water partition coefficient (Wildman–Crippen LogP) is 2.28. The van der Waals surface area contributed by atoms with Gasteiger partial charge in [0.2, 0.25) is 0 Å². The molecule has 0 aromatic carbocycles. The van der Waals surface area contributed by atoms with Crippen molar-refractivity contribution in [1.82, 2.24) is 4.90 Å². The summed E-state index contributed by atoms with van der Waals surface area (Å²) in [5, 5.41) is 0. The third kappa shape index (κ3) is 5.42. The van der Waals surface area contributed by atoms with Gasteiger partial charge in [-0.3, -0.25) is 0 Å². The summed E-state index contributed by atoms with van der Waals surface area (Å²) < 4.78 is 10.8. The van der Waals surface area contributed by atoms with E-state index in [1.54, 1.807) is 4.90 Å². The van der Waals surface area contributed by atoms with Gasteiger partial charge < -0.3 is 14.4 Å². The minimum absolute atomic E-state index is 0.228. The first-order valence-corrected chi connectivity index (χ1v) is 6.41. The number of hydrogen-bond donors (Lipinski definition) is 0. The molecule has 1 unspecified atom stereocenters. The van der Waals surface area contributed by atoms with E-state index in [-0.39, 0.29) is 6.09 Å². The molecule has 1 aliphatic rings. The van der Waals surface area contributed by atoms with Crippen molar-refractivity contribution in [1.29, 1.82) is 0 Å². The lowest BCUT2D eigenvalue weighted by Crippen LogP contribution is -2.35. The van der Waals surface area contributed by atoms with Crippen molar-refractivity contribution >= 4 is 6.09 Å². The normalized spacial score (nSPS) is 19.7. The quantitative estimate of drug-likeness (QED) is 0.570. The highest BCUT2D eigenvalue weighted by Gasteiger charge is 2.29. The molecule has 1 aliphatic heterocycles. The maximum Gasteiger partial charge on any atom is 0.410 e. The zero-order valence-electron chi connectivity index (χ0n) is 11.6. The molecule has 1 rings (SSSR count). The van der Waals surface area contributed by atoms with Crippen LogP contribution >= 0.6 is 0 Å². The summed E-state index contributed by atoms with van der Waals surface area (Å²) in [5.74, 6) is 2.93. The smallest absolute Gasteiger partial charge is 0.410 e. The van der Waals surface area contributed by atoms with Crippen LogP contribution in [0.25, 0.3) is 0 Å². The number of terminal acetylenes is 1. The maximum atomic E-state index is 11.8. The number of carbonyl (C=O) groups is 1. The van der Waals surface area contributed by atoms with Gasteiger partial charge in [0.05, 0.1) is 13.2 Å². The van der Waals surface area contributed by atoms with E-state index in [1.807, 2.05) is 20.8 Å². The minimum atomic E-state index is -0.432. The zero-order valence-corrected chi connectivity index (χ0v) is 11.6. The first-order valence-electron chi connectivity index (χ1n) is 6.41. The van der Waals surface area contributed by atoms with Gasteiger partial charge in [0.1, 0.15) is 5.60 Å². The molecule has 4 nitrogen and oxygen atoms in total. The van der Waals surface area contributed by atoms with Crippen LogP contribution in [-0.2, 0) is 9.47 Å². The summed E-state index contributed by atoms with van der Waals surface area (Å²) in [4.78, 5) is 13.6. The fourth-order valence-corrected chi connectivity index (χ4v) is 1.84. The Labute approximate surface area is 110 Å². The SMILES string of the molecule is C#CCCOCC1CCN(C(=O)OC(C)(C)C)C1. The van der Waals surface area contributed by atoms with Crippen LogP contribution in [0.5, 0.6) is 0 Å². The minimum Gasteiger partial charge on any atom is -0.444 e. The Morgan fingerprint density at radius 1 is 1.50 bits per heavy atom. The van der Waals surface area contributed by atoms with Crippen LogP contribution in [-0.4, -0.2) is 42.9 Å². The molecule has 1 amide bonds. The zero-order chi connectivity index (χ0) is 13.6. The van der Waals surface area contributed by atoms with Crippen molar-refractivity contribution in [3.05, 3.63) is 0 Å². The third-order valence-corrected chi connectivity index (χ3v) is 2.68. The van der Waals surface area contributed by atoms with Gasteiger partial charge in [-0.05, 0) is 27.2 Å². The number of carbonyl (C=O) groups excluding carboxylic acids is 1. The largest absolute Gasteiger partial charge is 0.444 e. The molecule has 0 bridgehead atoms. The highest BCUT2D eigenvalue weighted by atomic mass is 16.6. The Hall–Kier alpha value is -1.21. The van der Waals surface area contributed by atoms with Gasteiger partial charge in [-0.2, -0.15) is 0 Å². The second-order valence-corrected chi connectivity index (χ2v) is 5.61. The number of likely N-dealkylation sites (tertiary alicyclic amines) is 1. The van der Waals surface area contributed by atoms with Gasteiger partial charge in [-0.15, -0.1) is 12.3 Å². The molecule has 0 radical (unpaired) electrons. The monoisotopic (exact) mass is 253 g/mol. The van der Waals surface area contributed by atoms with Crippen molar-refractivity contribution in [2.75, 3.05) is 26.3 Å². The summed E-state index contributed by atoms with van der Waals surface area (Å²) in [6.45, 7) is 8.35. The molecule has 1 atom stereocenters. The summed E-state index contributed by atoms with van der Waals surface area (Å²) in [6.07, 6.45) is 6.52. The Bertz CT molecular complexity index is 314. The van der Waals surface area contributed by atoms with Crippen molar-refractivity contribution in [3.63, 3.8) is 0 Å². The second kappa shape index (κ2) is 6.65. The maximum absolute atomic E-state index is 11.8. The lowest BCUT2D eigenvalue weighted by molar-refractivity contribution is 0.0275. The van der Waals surface area contributed by atoms with Gasteiger partial charge in [0.15, 0.2) is 0 Å². The summed E-state index contributed by atoms with van der Waals surface area (Å²) in [6, 6.07) is 0. The summed E-state index contributed by atoms with van der Waals surface area (Å²) in [5.41, 5.74) is -0.432. The Kier molecular flexibility index (Phi) is 5.49. The van der Waals surface area contributed by atoms with E-state index in [0.717, 1.165) is 13.0 Å². The Morgan fingerprint density at radius 3 is 2.83 bits per heavy atom. The molecule has 1 heterocycles. The average Bonchev–Trinajstić information content (AvgIpc) is 2.71. The molecule has 4 heteroatoms.